The second kappa shape index (κ2) is 6.03. The first-order valence-electron chi connectivity index (χ1n) is 5.71. The Balaban J connectivity index is 2.95. The molecule has 0 spiro atoms. The lowest BCUT2D eigenvalue weighted by molar-refractivity contribution is -0.144. The van der Waals surface area contributed by atoms with Gasteiger partial charge in [0.25, 0.3) is 0 Å². The zero-order valence-corrected chi connectivity index (χ0v) is 12.9. The Morgan fingerprint density at radius 1 is 0.783 bits per heavy atom. The van der Waals surface area contributed by atoms with Crippen molar-refractivity contribution >= 4 is 34.8 Å². The van der Waals surface area contributed by atoms with E-state index in [-0.39, 0.29) is 5.02 Å². The predicted octanol–water partition coefficient (Wildman–Crippen LogP) is 6.75. The van der Waals surface area contributed by atoms with Crippen molar-refractivity contribution in [3.63, 3.8) is 0 Å². The van der Waals surface area contributed by atoms with Crippen molar-refractivity contribution in [1.82, 2.24) is 4.98 Å². The molecule has 124 valence electrons. The second-order valence-corrected chi connectivity index (χ2v) is 5.57. The van der Waals surface area contributed by atoms with Crippen LogP contribution in [0.25, 0.3) is 11.1 Å². The number of pyridine rings is 1. The summed E-state index contributed by atoms with van der Waals surface area (Å²) >= 11 is 17.2. The molecule has 0 aliphatic rings. The molecule has 1 heterocycles. The standard InChI is InChI=1S/C13H4Cl3F6N/c14-5-3-7(15)10(8(16)4-5)9-6(12(17,18)19)1-2-23-11(9)13(20,21)22/h1-4H. The van der Waals surface area contributed by atoms with Gasteiger partial charge in [-0.15, -0.1) is 0 Å². The number of rotatable bonds is 1. The molecule has 2 rings (SSSR count). The number of benzene rings is 1. The zero-order chi connectivity index (χ0) is 17.6. The van der Waals surface area contributed by atoms with Crippen molar-refractivity contribution < 1.29 is 26.3 Å². The Hall–Kier alpha value is -1.18. The SMILES string of the molecule is FC(F)(F)c1ccnc(C(F)(F)F)c1-c1c(Cl)cc(Cl)cc1Cl. The molecule has 1 aromatic heterocycles. The van der Waals surface area contributed by atoms with Crippen LogP contribution in [0.1, 0.15) is 11.3 Å². The smallest absolute Gasteiger partial charge is 0.251 e. The minimum atomic E-state index is -5.14. The van der Waals surface area contributed by atoms with E-state index in [4.69, 9.17) is 34.8 Å². The molecular formula is C13H4Cl3F6N. The van der Waals surface area contributed by atoms with E-state index in [1.54, 1.807) is 0 Å². The highest BCUT2D eigenvalue weighted by atomic mass is 35.5. The minimum absolute atomic E-state index is 0.0326. The molecule has 0 fully saturated rings. The maximum atomic E-state index is 13.1. The van der Waals surface area contributed by atoms with Gasteiger partial charge in [-0.3, -0.25) is 4.98 Å². The van der Waals surface area contributed by atoms with Crippen molar-refractivity contribution in [1.29, 1.82) is 0 Å². The van der Waals surface area contributed by atoms with E-state index < -0.39 is 44.8 Å². The highest BCUT2D eigenvalue weighted by molar-refractivity contribution is 6.42. The van der Waals surface area contributed by atoms with Crippen molar-refractivity contribution in [2.75, 3.05) is 0 Å². The Labute approximate surface area is 140 Å². The van der Waals surface area contributed by atoms with Crippen LogP contribution < -0.4 is 0 Å². The molecule has 2 aromatic rings. The van der Waals surface area contributed by atoms with Gasteiger partial charge in [0.1, 0.15) is 0 Å². The van der Waals surface area contributed by atoms with Gasteiger partial charge in [-0.1, -0.05) is 34.8 Å². The Bertz CT molecular complexity index is 699. The van der Waals surface area contributed by atoms with Crippen LogP contribution in [0, 0.1) is 0 Å². The van der Waals surface area contributed by atoms with Crippen LogP contribution in [-0.2, 0) is 12.4 Å². The van der Waals surface area contributed by atoms with Crippen molar-refractivity contribution in [2.24, 2.45) is 0 Å². The summed E-state index contributed by atoms with van der Waals surface area (Å²) in [4.78, 5) is 3.03. The third-order valence-electron chi connectivity index (χ3n) is 2.78. The fraction of sp³-hybridized carbons (Fsp3) is 0.154. The molecule has 0 aliphatic carbocycles. The highest BCUT2D eigenvalue weighted by Gasteiger charge is 2.43. The zero-order valence-electron chi connectivity index (χ0n) is 10.7. The van der Waals surface area contributed by atoms with Gasteiger partial charge < -0.3 is 0 Å². The molecule has 0 bridgehead atoms. The third-order valence-corrected chi connectivity index (χ3v) is 3.60. The lowest BCUT2D eigenvalue weighted by Crippen LogP contribution is -2.16. The van der Waals surface area contributed by atoms with E-state index in [1.165, 1.54) is 0 Å². The Kier molecular flexibility index (Phi) is 4.76. The van der Waals surface area contributed by atoms with Crippen LogP contribution in [-0.4, -0.2) is 4.98 Å². The van der Waals surface area contributed by atoms with Gasteiger partial charge in [0, 0.05) is 22.3 Å². The van der Waals surface area contributed by atoms with E-state index in [9.17, 15) is 26.3 Å². The second-order valence-electron chi connectivity index (χ2n) is 4.32. The molecule has 23 heavy (non-hydrogen) atoms. The number of nitrogens with zero attached hydrogens (tertiary/aromatic N) is 1. The molecule has 10 heteroatoms. The summed E-state index contributed by atoms with van der Waals surface area (Å²) in [6.07, 6.45) is -9.78. The molecule has 0 amide bonds. The summed E-state index contributed by atoms with van der Waals surface area (Å²) < 4.78 is 78.7. The first-order chi connectivity index (χ1) is 10.4. The molecule has 1 aromatic carbocycles. The lowest BCUT2D eigenvalue weighted by atomic mass is 9.97. The average molecular weight is 395 g/mol. The summed E-state index contributed by atoms with van der Waals surface area (Å²) in [5.41, 5.74) is -5.16. The van der Waals surface area contributed by atoms with E-state index in [0.29, 0.717) is 12.3 Å². The molecule has 0 saturated heterocycles. The lowest BCUT2D eigenvalue weighted by Gasteiger charge is -2.19. The summed E-state index contributed by atoms with van der Waals surface area (Å²) in [5.74, 6) is 0. The summed E-state index contributed by atoms with van der Waals surface area (Å²) in [5, 5.41) is -0.937. The number of alkyl halides is 6. The van der Waals surface area contributed by atoms with Crippen molar-refractivity contribution in [3.05, 3.63) is 50.7 Å². The monoisotopic (exact) mass is 393 g/mol. The number of hydrogen-bond acceptors (Lipinski definition) is 1. The molecular weight excluding hydrogens is 390 g/mol. The van der Waals surface area contributed by atoms with Gasteiger partial charge in [-0.05, 0) is 18.2 Å². The topological polar surface area (TPSA) is 12.9 Å². The quantitative estimate of drug-likeness (QED) is 0.488. The van der Waals surface area contributed by atoms with Gasteiger partial charge >= 0.3 is 12.4 Å². The molecule has 0 unspecified atom stereocenters. The van der Waals surface area contributed by atoms with E-state index in [0.717, 1.165) is 12.1 Å². The summed E-state index contributed by atoms with van der Waals surface area (Å²) in [6.45, 7) is 0. The van der Waals surface area contributed by atoms with Crippen LogP contribution in [0.5, 0.6) is 0 Å². The van der Waals surface area contributed by atoms with Gasteiger partial charge in [0.05, 0.1) is 15.6 Å². The first kappa shape index (κ1) is 18.2. The highest BCUT2D eigenvalue weighted by Crippen LogP contribution is 2.47. The fourth-order valence-corrected chi connectivity index (χ4v) is 2.95. The normalized spacial score (nSPS) is 12.6. The maximum absolute atomic E-state index is 13.1. The summed E-state index contributed by atoms with van der Waals surface area (Å²) in [7, 11) is 0. The largest absolute Gasteiger partial charge is 0.433 e. The van der Waals surface area contributed by atoms with Crippen molar-refractivity contribution in [3.8, 4) is 11.1 Å². The van der Waals surface area contributed by atoms with Crippen LogP contribution in [0.4, 0.5) is 26.3 Å². The van der Waals surface area contributed by atoms with Gasteiger partial charge in [-0.25, -0.2) is 0 Å². The van der Waals surface area contributed by atoms with E-state index >= 15 is 0 Å². The van der Waals surface area contributed by atoms with Crippen LogP contribution in [0.2, 0.25) is 15.1 Å². The van der Waals surface area contributed by atoms with Crippen LogP contribution in [0.3, 0.4) is 0 Å². The Morgan fingerprint density at radius 3 is 1.74 bits per heavy atom. The van der Waals surface area contributed by atoms with E-state index in [1.807, 2.05) is 0 Å². The number of hydrogen-bond donors (Lipinski definition) is 0. The molecule has 0 saturated carbocycles. The molecule has 0 radical (unpaired) electrons. The molecule has 0 atom stereocenters. The summed E-state index contributed by atoms with van der Waals surface area (Å²) in [6, 6.07) is 2.42. The third kappa shape index (κ3) is 3.67. The Morgan fingerprint density at radius 2 is 1.30 bits per heavy atom. The first-order valence-corrected chi connectivity index (χ1v) is 6.84. The van der Waals surface area contributed by atoms with Crippen LogP contribution in [0.15, 0.2) is 24.4 Å². The van der Waals surface area contributed by atoms with Crippen molar-refractivity contribution in [2.45, 2.75) is 12.4 Å². The predicted molar refractivity (Wildman–Crippen MR) is 74.7 cm³/mol. The minimum Gasteiger partial charge on any atom is -0.251 e. The average Bonchev–Trinajstić information content (AvgIpc) is 2.35. The van der Waals surface area contributed by atoms with E-state index in [2.05, 4.69) is 4.98 Å². The van der Waals surface area contributed by atoms with Gasteiger partial charge in [-0.2, -0.15) is 26.3 Å². The number of aromatic nitrogens is 1. The van der Waals surface area contributed by atoms with Crippen LogP contribution >= 0.6 is 34.8 Å². The molecule has 0 N–H and O–H groups in total. The maximum Gasteiger partial charge on any atom is 0.433 e. The van der Waals surface area contributed by atoms with Gasteiger partial charge in [0.2, 0.25) is 0 Å². The number of halogens is 9. The fourth-order valence-electron chi connectivity index (χ4n) is 1.95. The molecule has 0 aliphatic heterocycles. The molecule has 1 nitrogen and oxygen atoms in total. The van der Waals surface area contributed by atoms with Gasteiger partial charge in [0.15, 0.2) is 5.69 Å².